The van der Waals surface area contributed by atoms with E-state index in [1.165, 1.54) is 25.7 Å². The van der Waals surface area contributed by atoms with Crippen molar-refractivity contribution in [2.45, 2.75) is 52.4 Å². The van der Waals surface area contributed by atoms with Crippen LogP contribution in [0.25, 0.3) is 0 Å². The third-order valence-electron chi connectivity index (χ3n) is 2.57. The van der Waals surface area contributed by atoms with E-state index in [1.807, 2.05) is 13.0 Å². The summed E-state index contributed by atoms with van der Waals surface area (Å²) in [5.74, 6) is -0.787. The lowest BCUT2D eigenvalue weighted by Gasteiger charge is -2.03. The van der Waals surface area contributed by atoms with Crippen LogP contribution in [0.5, 0.6) is 0 Å². The van der Waals surface area contributed by atoms with Gasteiger partial charge in [-0.2, -0.15) is 0 Å². The van der Waals surface area contributed by atoms with Crippen molar-refractivity contribution in [1.29, 1.82) is 0 Å². The molecule has 0 heterocycles. The van der Waals surface area contributed by atoms with Gasteiger partial charge in [0.2, 0.25) is 0 Å². The molecular formula is C13H25NO2. The second-order valence-corrected chi connectivity index (χ2v) is 3.99. The molecule has 2 N–H and O–H groups in total. The molecule has 0 bridgehead atoms. The Hall–Kier alpha value is -0.830. The number of carboxylic acids is 1. The van der Waals surface area contributed by atoms with Crippen LogP contribution in [0.1, 0.15) is 52.4 Å². The van der Waals surface area contributed by atoms with Crippen LogP contribution in [0, 0.1) is 0 Å². The summed E-state index contributed by atoms with van der Waals surface area (Å²) in [5.41, 5.74) is 0.521. The van der Waals surface area contributed by atoms with Gasteiger partial charge in [-0.05, 0) is 32.4 Å². The first-order valence-corrected chi connectivity index (χ1v) is 6.35. The Labute approximate surface area is 98.9 Å². The molecule has 16 heavy (non-hydrogen) atoms. The van der Waals surface area contributed by atoms with Crippen molar-refractivity contribution in [3.8, 4) is 0 Å². The Kier molecular flexibility index (Phi) is 10.1. The molecule has 0 unspecified atom stereocenters. The molecule has 0 amide bonds. The van der Waals surface area contributed by atoms with E-state index in [9.17, 15) is 4.79 Å². The Morgan fingerprint density at radius 1 is 1.19 bits per heavy atom. The number of rotatable bonds is 10. The highest BCUT2D eigenvalue weighted by molar-refractivity contribution is 5.86. The molecule has 0 saturated heterocycles. The van der Waals surface area contributed by atoms with Gasteiger partial charge in [-0.1, -0.05) is 39.2 Å². The average molecular weight is 227 g/mol. The zero-order chi connectivity index (χ0) is 12.2. The van der Waals surface area contributed by atoms with Crippen molar-refractivity contribution in [1.82, 2.24) is 5.32 Å². The zero-order valence-electron chi connectivity index (χ0n) is 10.6. The molecule has 0 aliphatic carbocycles. The minimum absolute atomic E-state index is 0.521. The van der Waals surface area contributed by atoms with E-state index in [0.29, 0.717) is 12.0 Å². The van der Waals surface area contributed by atoms with E-state index in [4.69, 9.17) is 5.11 Å². The average Bonchev–Trinajstić information content (AvgIpc) is 2.26. The number of hydrogen-bond donors (Lipinski definition) is 2. The molecule has 0 atom stereocenters. The van der Waals surface area contributed by atoms with E-state index in [-0.39, 0.29) is 0 Å². The number of carbonyl (C=O) groups is 1. The van der Waals surface area contributed by atoms with Gasteiger partial charge in [-0.3, -0.25) is 0 Å². The van der Waals surface area contributed by atoms with E-state index in [0.717, 1.165) is 19.5 Å². The van der Waals surface area contributed by atoms with Crippen LogP contribution >= 0.6 is 0 Å². The van der Waals surface area contributed by atoms with Gasteiger partial charge in [0.1, 0.15) is 0 Å². The quantitative estimate of drug-likeness (QED) is 0.445. The molecule has 3 nitrogen and oxygen atoms in total. The van der Waals surface area contributed by atoms with Crippen molar-refractivity contribution in [3.63, 3.8) is 0 Å². The van der Waals surface area contributed by atoms with Crippen molar-refractivity contribution >= 4 is 5.97 Å². The van der Waals surface area contributed by atoms with E-state index in [2.05, 4.69) is 12.2 Å². The molecule has 0 spiro atoms. The standard InChI is InChI=1S/C13H25NO2/c1-3-5-6-7-10-14-11-8-9-12(4-2)13(15)16/h9,14H,3-8,10-11H2,1-2H3,(H,15,16). The van der Waals surface area contributed by atoms with Crippen LogP contribution in [-0.4, -0.2) is 24.2 Å². The first-order valence-electron chi connectivity index (χ1n) is 6.35. The predicted octanol–water partition coefficient (Wildman–Crippen LogP) is 2.97. The van der Waals surface area contributed by atoms with Crippen molar-refractivity contribution in [3.05, 3.63) is 11.6 Å². The lowest BCUT2D eigenvalue weighted by molar-refractivity contribution is -0.132. The summed E-state index contributed by atoms with van der Waals surface area (Å²) < 4.78 is 0. The van der Waals surface area contributed by atoms with Gasteiger partial charge in [0.25, 0.3) is 0 Å². The molecule has 3 heteroatoms. The molecule has 0 fully saturated rings. The van der Waals surface area contributed by atoms with Crippen LogP contribution < -0.4 is 5.32 Å². The summed E-state index contributed by atoms with van der Waals surface area (Å²) in [7, 11) is 0. The fourth-order valence-corrected chi connectivity index (χ4v) is 1.53. The monoisotopic (exact) mass is 227 g/mol. The van der Waals surface area contributed by atoms with Crippen LogP contribution in [0.2, 0.25) is 0 Å². The topological polar surface area (TPSA) is 49.3 Å². The number of nitrogens with one attached hydrogen (secondary N) is 1. The Bertz CT molecular complexity index is 212. The third kappa shape index (κ3) is 8.48. The molecule has 0 aromatic rings. The van der Waals surface area contributed by atoms with Gasteiger partial charge >= 0.3 is 5.97 Å². The largest absolute Gasteiger partial charge is 0.478 e. The van der Waals surface area contributed by atoms with Gasteiger partial charge in [0.05, 0.1) is 0 Å². The Balaban J connectivity index is 3.41. The summed E-state index contributed by atoms with van der Waals surface area (Å²) >= 11 is 0. The third-order valence-corrected chi connectivity index (χ3v) is 2.57. The maximum Gasteiger partial charge on any atom is 0.331 e. The highest BCUT2D eigenvalue weighted by Gasteiger charge is 2.02. The normalized spacial score (nSPS) is 11.8. The van der Waals surface area contributed by atoms with Crippen LogP contribution in [-0.2, 0) is 4.79 Å². The molecule has 0 saturated carbocycles. The molecule has 0 rings (SSSR count). The number of carboxylic acid groups (broad SMARTS) is 1. The fourth-order valence-electron chi connectivity index (χ4n) is 1.53. The molecule has 0 aliphatic rings. The molecule has 0 radical (unpaired) electrons. The molecule has 94 valence electrons. The summed E-state index contributed by atoms with van der Waals surface area (Å²) in [4.78, 5) is 10.7. The van der Waals surface area contributed by atoms with E-state index in [1.54, 1.807) is 0 Å². The van der Waals surface area contributed by atoms with Crippen LogP contribution in [0.4, 0.5) is 0 Å². The first-order chi connectivity index (χ1) is 7.72. The second-order valence-electron chi connectivity index (χ2n) is 3.99. The van der Waals surface area contributed by atoms with Gasteiger partial charge in [-0.25, -0.2) is 4.79 Å². The lowest BCUT2D eigenvalue weighted by atomic mass is 10.1. The fraction of sp³-hybridized carbons (Fsp3) is 0.769. The summed E-state index contributed by atoms with van der Waals surface area (Å²) in [6.07, 6.45) is 8.31. The molecule has 0 aliphatic heterocycles. The van der Waals surface area contributed by atoms with Crippen molar-refractivity contribution in [2.24, 2.45) is 0 Å². The summed E-state index contributed by atoms with van der Waals surface area (Å²) in [5, 5.41) is 12.1. The van der Waals surface area contributed by atoms with Crippen LogP contribution in [0.3, 0.4) is 0 Å². The van der Waals surface area contributed by atoms with Gasteiger partial charge in [0.15, 0.2) is 0 Å². The highest BCUT2D eigenvalue weighted by atomic mass is 16.4. The first kappa shape index (κ1) is 15.2. The van der Waals surface area contributed by atoms with Crippen molar-refractivity contribution in [2.75, 3.05) is 13.1 Å². The zero-order valence-corrected chi connectivity index (χ0v) is 10.6. The predicted molar refractivity (Wildman–Crippen MR) is 67.6 cm³/mol. The lowest BCUT2D eigenvalue weighted by Crippen LogP contribution is -2.16. The van der Waals surface area contributed by atoms with Gasteiger partial charge in [0, 0.05) is 5.57 Å². The SMILES string of the molecule is CCCCCCNCCC=C(CC)C(=O)O. The van der Waals surface area contributed by atoms with E-state index >= 15 is 0 Å². The number of hydrogen-bond acceptors (Lipinski definition) is 2. The minimum atomic E-state index is -0.787. The van der Waals surface area contributed by atoms with E-state index < -0.39 is 5.97 Å². The minimum Gasteiger partial charge on any atom is -0.478 e. The second kappa shape index (κ2) is 10.7. The Morgan fingerprint density at radius 2 is 1.94 bits per heavy atom. The number of aliphatic carboxylic acids is 1. The summed E-state index contributed by atoms with van der Waals surface area (Å²) in [6, 6.07) is 0. The maximum atomic E-state index is 10.7. The Morgan fingerprint density at radius 3 is 2.50 bits per heavy atom. The summed E-state index contributed by atoms with van der Waals surface area (Å²) in [6.45, 7) is 6.00. The van der Waals surface area contributed by atoms with Gasteiger partial charge < -0.3 is 10.4 Å². The highest BCUT2D eigenvalue weighted by Crippen LogP contribution is 2.01. The maximum absolute atomic E-state index is 10.7. The van der Waals surface area contributed by atoms with Crippen molar-refractivity contribution < 1.29 is 9.90 Å². The smallest absolute Gasteiger partial charge is 0.331 e. The molecule has 0 aromatic carbocycles. The van der Waals surface area contributed by atoms with Gasteiger partial charge in [-0.15, -0.1) is 0 Å². The number of unbranched alkanes of at least 4 members (excludes halogenated alkanes) is 3. The van der Waals surface area contributed by atoms with Crippen LogP contribution in [0.15, 0.2) is 11.6 Å². The molecular weight excluding hydrogens is 202 g/mol. The molecule has 0 aromatic heterocycles.